The van der Waals surface area contributed by atoms with E-state index in [4.69, 9.17) is 0 Å². The summed E-state index contributed by atoms with van der Waals surface area (Å²) in [5.74, 6) is 1.87. The molecule has 0 bridgehead atoms. The van der Waals surface area contributed by atoms with Gasteiger partial charge in [-0.25, -0.2) is 0 Å². The van der Waals surface area contributed by atoms with Crippen molar-refractivity contribution >= 4 is 11.6 Å². The molecule has 1 aliphatic rings. The van der Waals surface area contributed by atoms with Crippen LogP contribution in [-0.4, -0.2) is 57.7 Å². The number of aromatic nitrogens is 3. The maximum atomic E-state index is 4.41. The molecule has 7 heteroatoms. The Morgan fingerprint density at radius 3 is 2.80 bits per heavy atom. The lowest BCUT2D eigenvalue weighted by Gasteiger charge is -2.21. The van der Waals surface area contributed by atoms with E-state index in [1.165, 1.54) is 5.56 Å². The van der Waals surface area contributed by atoms with Gasteiger partial charge >= 0.3 is 0 Å². The van der Waals surface area contributed by atoms with Crippen molar-refractivity contribution < 1.29 is 0 Å². The molecule has 1 saturated heterocycles. The summed E-state index contributed by atoms with van der Waals surface area (Å²) in [4.78, 5) is 6.95. The van der Waals surface area contributed by atoms with Gasteiger partial charge in [-0.2, -0.15) is 0 Å². The first-order chi connectivity index (χ1) is 14.7. The number of aliphatic imine (C=N–C) groups is 1. The summed E-state index contributed by atoms with van der Waals surface area (Å²) in [6.45, 7) is 5.18. The molecule has 0 saturated carbocycles. The summed E-state index contributed by atoms with van der Waals surface area (Å²) in [5.41, 5.74) is 2.27. The summed E-state index contributed by atoms with van der Waals surface area (Å²) in [5, 5.41) is 15.6. The van der Waals surface area contributed by atoms with Gasteiger partial charge in [-0.3, -0.25) is 14.3 Å². The van der Waals surface area contributed by atoms with Crippen molar-refractivity contribution in [2.24, 2.45) is 4.99 Å². The number of pyridine rings is 1. The number of fused-ring (bicyclic) bond motifs is 1. The molecule has 0 radical (unpaired) electrons. The van der Waals surface area contributed by atoms with Crippen LogP contribution < -0.4 is 10.6 Å². The van der Waals surface area contributed by atoms with Crippen LogP contribution in [0.1, 0.15) is 31.2 Å². The van der Waals surface area contributed by atoms with Gasteiger partial charge in [0.2, 0.25) is 0 Å². The molecule has 2 N–H and O–H groups in total. The van der Waals surface area contributed by atoms with Crippen molar-refractivity contribution in [1.82, 2.24) is 30.1 Å². The summed E-state index contributed by atoms with van der Waals surface area (Å²) >= 11 is 0. The highest BCUT2D eigenvalue weighted by Gasteiger charge is 2.29. The van der Waals surface area contributed by atoms with Gasteiger partial charge in [-0.15, -0.1) is 10.2 Å². The summed E-state index contributed by atoms with van der Waals surface area (Å²) in [7, 11) is 1.83. The highest BCUT2D eigenvalue weighted by atomic mass is 15.3. The lowest BCUT2D eigenvalue weighted by molar-refractivity contribution is 0.258. The largest absolute Gasteiger partial charge is 0.356 e. The number of nitrogens with zero attached hydrogens (tertiary/aromatic N) is 5. The van der Waals surface area contributed by atoms with Crippen molar-refractivity contribution in [2.45, 2.75) is 44.8 Å². The second kappa shape index (κ2) is 9.71. The Labute approximate surface area is 178 Å². The van der Waals surface area contributed by atoms with E-state index in [9.17, 15) is 0 Å². The van der Waals surface area contributed by atoms with E-state index < -0.39 is 0 Å². The fraction of sp³-hybridized carbons (Fsp3) is 0.435. The smallest absolute Gasteiger partial charge is 0.191 e. The third-order valence-corrected chi connectivity index (χ3v) is 5.75. The minimum Gasteiger partial charge on any atom is -0.356 e. The highest BCUT2D eigenvalue weighted by molar-refractivity contribution is 5.80. The number of hydrogen-bond donors (Lipinski definition) is 2. The third-order valence-electron chi connectivity index (χ3n) is 5.75. The minimum atomic E-state index is 0.412. The summed E-state index contributed by atoms with van der Waals surface area (Å²) < 4.78 is 2.05. The third kappa shape index (κ3) is 4.97. The Hall–Kier alpha value is -2.93. The molecule has 2 unspecified atom stereocenters. The lowest BCUT2D eigenvalue weighted by atomic mass is 10.2. The molecule has 0 spiro atoms. The van der Waals surface area contributed by atoms with Crippen LogP contribution in [0.3, 0.4) is 0 Å². The van der Waals surface area contributed by atoms with Gasteiger partial charge in [0.1, 0.15) is 5.82 Å². The van der Waals surface area contributed by atoms with Gasteiger partial charge in [-0.05, 0) is 37.5 Å². The van der Waals surface area contributed by atoms with E-state index in [0.717, 1.165) is 56.3 Å². The van der Waals surface area contributed by atoms with E-state index in [2.05, 4.69) is 68.0 Å². The number of aryl methyl sites for hydroxylation is 1. The summed E-state index contributed by atoms with van der Waals surface area (Å²) in [6, 6.07) is 17.6. The molecule has 1 fully saturated rings. The quantitative estimate of drug-likeness (QED) is 0.359. The van der Waals surface area contributed by atoms with Crippen molar-refractivity contribution in [2.75, 3.05) is 20.1 Å². The predicted octanol–water partition coefficient (Wildman–Crippen LogP) is 2.49. The zero-order valence-electron chi connectivity index (χ0n) is 17.8. The van der Waals surface area contributed by atoms with E-state index in [1.54, 1.807) is 0 Å². The molecule has 3 heterocycles. The van der Waals surface area contributed by atoms with Gasteiger partial charge in [0, 0.05) is 51.4 Å². The minimum absolute atomic E-state index is 0.412. The van der Waals surface area contributed by atoms with E-state index in [0.29, 0.717) is 12.1 Å². The predicted molar refractivity (Wildman–Crippen MR) is 121 cm³/mol. The van der Waals surface area contributed by atoms with Gasteiger partial charge in [-0.1, -0.05) is 36.4 Å². The first-order valence-corrected chi connectivity index (χ1v) is 10.8. The van der Waals surface area contributed by atoms with Crippen molar-refractivity contribution in [1.29, 1.82) is 0 Å². The normalized spacial score (nSPS) is 20.0. The molecule has 3 aromatic rings. The Bertz CT molecular complexity index is 966. The number of benzene rings is 1. The van der Waals surface area contributed by atoms with Crippen LogP contribution in [0.2, 0.25) is 0 Å². The van der Waals surface area contributed by atoms with Crippen LogP contribution in [0.15, 0.2) is 59.7 Å². The van der Waals surface area contributed by atoms with Crippen LogP contribution >= 0.6 is 0 Å². The molecule has 0 aliphatic carbocycles. The van der Waals surface area contributed by atoms with Crippen LogP contribution in [-0.2, 0) is 13.0 Å². The monoisotopic (exact) mass is 405 g/mol. The highest BCUT2D eigenvalue weighted by Crippen LogP contribution is 2.20. The van der Waals surface area contributed by atoms with Gasteiger partial charge in [0.25, 0.3) is 0 Å². The molecule has 4 rings (SSSR count). The zero-order valence-corrected chi connectivity index (χ0v) is 17.8. The standard InChI is InChI=1S/C23H31N7/c1-18-15-20(17-29(18)16-19-9-4-3-5-10-19)26-23(24-2)25-13-8-12-22-28-27-21-11-6-7-14-30(21)22/h3-7,9-11,14,18,20H,8,12-13,15-17H2,1-2H3,(H2,24,25,26). The topological polar surface area (TPSA) is 69.8 Å². The first-order valence-electron chi connectivity index (χ1n) is 10.8. The molecule has 7 nitrogen and oxygen atoms in total. The molecule has 1 aromatic carbocycles. The van der Waals surface area contributed by atoms with Gasteiger partial charge < -0.3 is 10.6 Å². The zero-order chi connectivity index (χ0) is 20.8. The Kier molecular flexibility index (Phi) is 6.59. The number of nitrogens with one attached hydrogen (secondary N) is 2. The molecule has 0 amide bonds. The first kappa shape index (κ1) is 20.3. The molecule has 2 aromatic heterocycles. The summed E-state index contributed by atoms with van der Waals surface area (Å²) in [6.07, 6.45) is 4.98. The number of likely N-dealkylation sites (tertiary alicyclic amines) is 1. The Morgan fingerprint density at radius 1 is 1.13 bits per heavy atom. The fourth-order valence-corrected chi connectivity index (χ4v) is 4.14. The van der Waals surface area contributed by atoms with Crippen LogP contribution in [0.5, 0.6) is 0 Å². The molecular formula is C23H31N7. The van der Waals surface area contributed by atoms with E-state index in [1.807, 2.05) is 35.8 Å². The SMILES string of the molecule is CN=C(NCCCc1nnc2ccccn12)NC1CC(C)N(Cc2ccccc2)C1. The maximum absolute atomic E-state index is 4.41. The van der Waals surface area contributed by atoms with Crippen molar-refractivity contribution in [3.05, 3.63) is 66.1 Å². The average Bonchev–Trinajstić information content (AvgIpc) is 3.34. The number of hydrogen-bond acceptors (Lipinski definition) is 4. The van der Waals surface area contributed by atoms with Crippen molar-refractivity contribution in [3.63, 3.8) is 0 Å². The average molecular weight is 406 g/mol. The van der Waals surface area contributed by atoms with Crippen LogP contribution in [0.25, 0.3) is 5.65 Å². The molecular weight excluding hydrogens is 374 g/mol. The second-order valence-electron chi connectivity index (χ2n) is 7.99. The molecule has 158 valence electrons. The Morgan fingerprint density at radius 2 is 1.97 bits per heavy atom. The second-order valence-corrected chi connectivity index (χ2v) is 7.99. The van der Waals surface area contributed by atoms with Gasteiger partial charge in [0.15, 0.2) is 11.6 Å². The molecule has 1 aliphatic heterocycles. The number of rotatable bonds is 7. The Balaban J connectivity index is 1.22. The molecule has 2 atom stereocenters. The van der Waals surface area contributed by atoms with E-state index >= 15 is 0 Å². The van der Waals surface area contributed by atoms with Crippen LogP contribution in [0.4, 0.5) is 0 Å². The van der Waals surface area contributed by atoms with Crippen LogP contribution in [0, 0.1) is 0 Å². The molecule has 30 heavy (non-hydrogen) atoms. The van der Waals surface area contributed by atoms with Crippen molar-refractivity contribution in [3.8, 4) is 0 Å². The number of guanidine groups is 1. The van der Waals surface area contributed by atoms with Gasteiger partial charge in [0.05, 0.1) is 0 Å². The van der Waals surface area contributed by atoms with E-state index in [-0.39, 0.29) is 0 Å². The maximum Gasteiger partial charge on any atom is 0.191 e. The lowest BCUT2D eigenvalue weighted by Crippen LogP contribution is -2.44. The fourth-order valence-electron chi connectivity index (χ4n) is 4.14.